The monoisotopic (exact) mass is 296 g/mol. The van der Waals surface area contributed by atoms with E-state index >= 15 is 0 Å². The van der Waals surface area contributed by atoms with Gasteiger partial charge < -0.3 is 15.4 Å². The Hall–Kier alpha value is -1.10. The fourth-order valence-electron chi connectivity index (χ4n) is 3.79. The topological polar surface area (TPSA) is 72.6 Å². The van der Waals surface area contributed by atoms with Crippen molar-refractivity contribution in [1.82, 2.24) is 4.90 Å². The molecule has 1 heterocycles. The van der Waals surface area contributed by atoms with E-state index in [2.05, 4.69) is 0 Å². The molecular formula is C16H28N2O3. The molecule has 1 saturated heterocycles. The second-order valence-corrected chi connectivity index (χ2v) is 6.47. The van der Waals surface area contributed by atoms with Crippen molar-refractivity contribution in [2.75, 3.05) is 20.2 Å². The van der Waals surface area contributed by atoms with Crippen molar-refractivity contribution in [3.05, 3.63) is 0 Å². The van der Waals surface area contributed by atoms with Crippen molar-refractivity contribution in [3.63, 3.8) is 0 Å². The van der Waals surface area contributed by atoms with E-state index in [4.69, 9.17) is 10.5 Å². The molecule has 21 heavy (non-hydrogen) atoms. The normalized spacial score (nSPS) is 25.4. The maximum Gasteiger partial charge on any atom is 0.307 e. The SMILES string of the molecule is COC(=O)CC1CCCCN1C(=O)C1(CN)CCCCC1. The molecule has 2 aliphatic rings. The molecule has 1 aliphatic carbocycles. The van der Waals surface area contributed by atoms with Crippen LogP contribution in [0.15, 0.2) is 0 Å². The zero-order valence-corrected chi connectivity index (χ0v) is 13.1. The van der Waals surface area contributed by atoms with Crippen LogP contribution in [0.4, 0.5) is 0 Å². The summed E-state index contributed by atoms with van der Waals surface area (Å²) in [6.45, 7) is 1.18. The Labute approximate surface area is 127 Å². The maximum atomic E-state index is 13.1. The van der Waals surface area contributed by atoms with Gasteiger partial charge in [-0.3, -0.25) is 9.59 Å². The Morgan fingerprint density at radius 2 is 1.90 bits per heavy atom. The van der Waals surface area contributed by atoms with Crippen LogP contribution in [0.1, 0.15) is 57.8 Å². The zero-order valence-electron chi connectivity index (χ0n) is 13.1. The van der Waals surface area contributed by atoms with Crippen LogP contribution in [-0.2, 0) is 14.3 Å². The van der Waals surface area contributed by atoms with Gasteiger partial charge >= 0.3 is 5.97 Å². The number of hydrogen-bond acceptors (Lipinski definition) is 4. The first-order valence-corrected chi connectivity index (χ1v) is 8.21. The molecule has 0 aromatic carbocycles. The first kappa shape index (κ1) is 16.3. The average molecular weight is 296 g/mol. The Kier molecular flexibility index (Phi) is 5.62. The molecule has 120 valence electrons. The van der Waals surface area contributed by atoms with E-state index in [1.54, 1.807) is 0 Å². The highest BCUT2D eigenvalue weighted by atomic mass is 16.5. The molecule has 1 atom stereocenters. The van der Waals surface area contributed by atoms with Gasteiger partial charge in [0.1, 0.15) is 0 Å². The molecule has 1 aliphatic heterocycles. The van der Waals surface area contributed by atoms with Gasteiger partial charge in [-0.25, -0.2) is 0 Å². The molecule has 2 N–H and O–H groups in total. The first-order valence-electron chi connectivity index (χ1n) is 8.21. The van der Waals surface area contributed by atoms with E-state index in [9.17, 15) is 9.59 Å². The quantitative estimate of drug-likeness (QED) is 0.803. The van der Waals surface area contributed by atoms with Crippen LogP contribution < -0.4 is 5.73 Å². The molecule has 2 rings (SSSR count). The molecule has 1 amide bonds. The average Bonchev–Trinajstić information content (AvgIpc) is 2.55. The van der Waals surface area contributed by atoms with Crippen molar-refractivity contribution < 1.29 is 14.3 Å². The summed E-state index contributed by atoms with van der Waals surface area (Å²) in [6, 6.07) is -0.0101. The fraction of sp³-hybridized carbons (Fsp3) is 0.875. The van der Waals surface area contributed by atoms with Gasteiger partial charge in [0.15, 0.2) is 0 Å². The van der Waals surface area contributed by atoms with Crippen LogP contribution >= 0.6 is 0 Å². The lowest BCUT2D eigenvalue weighted by atomic mass is 9.72. The Morgan fingerprint density at radius 3 is 2.52 bits per heavy atom. The molecule has 0 bridgehead atoms. The minimum Gasteiger partial charge on any atom is -0.469 e. The summed E-state index contributed by atoms with van der Waals surface area (Å²) in [5, 5.41) is 0. The van der Waals surface area contributed by atoms with E-state index in [-0.39, 0.29) is 23.3 Å². The highest BCUT2D eigenvalue weighted by Gasteiger charge is 2.43. The van der Waals surface area contributed by atoms with Gasteiger partial charge in [-0.15, -0.1) is 0 Å². The lowest BCUT2D eigenvalue weighted by Crippen LogP contribution is -2.54. The maximum absolute atomic E-state index is 13.1. The molecule has 2 fully saturated rings. The lowest BCUT2D eigenvalue weighted by Gasteiger charge is -2.43. The Morgan fingerprint density at radius 1 is 1.19 bits per heavy atom. The van der Waals surface area contributed by atoms with Gasteiger partial charge in [0.2, 0.25) is 5.91 Å². The summed E-state index contributed by atoms with van der Waals surface area (Å²) in [4.78, 5) is 26.6. The summed E-state index contributed by atoms with van der Waals surface area (Å²) in [7, 11) is 1.40. The molecule has 0 spiro atoms. The van der Waals surface area contributed by atoms with E-state index in [0.29, 0.717) is 13.0 Å². The summed E-state index contributed by atoms with van der Waals surface area (Å²) in [6.07, 6.45) is 8.43. The number of carbonyl (C=O) groups is 2. The molecule has 0 aromatic rings. The molecule has 5 heteroatoms. The van der Waals surface area contributed by atoms with Gasteiger partial charge in [-0.1, -0.05) is 19.3 Å². The minimum atomic E-state index is -0.385. The number of nitrogens with two attached hydrogens (primary N) is 1. The minimum absolute atomic E-state index is 0.0101. The molecule has 0 aromatic heterocycles. The van der Waals surface area contributed by atoms with E-state index in [1.807, 2.05) is 4.90 Å². The second kappa shape index (κ2) is 7.25. The number of likely N-dealkylation sites (tertiary alicyclic amines) is 1. The number of piperidine rings is 1. The Bertz CT molecular complexity index is 378. The van der Waals surface area contributed by atoms with Crippen LogP contribution in [0.2, 0.25) is 0 Å². The summed E-state index contributed by atoms with van der Waals surface area (Å²) >= 11 is 0. The second-order valence-electron chi connectivity index (χ2n) is 6.47. The fourth-order valence-corrected chi connectivity index (χ4v) is 3.79. The number of hydrogen-bond donors (Lipinski definition) is 1. The van der Waals surface area contributed by atoms with Gasteiger partial charge in [-0.05, 0) is 32.1 Å². The molecular weight excluding hydrogens is 268 g/mol. The van der Waals surface area contributed by atoms with Crippen LogP contribution in [0.3, 0.4) is 0 Å². The number of nitrogens with zero attached hydrogens (tertiary/aromatic N) is 1. The largest absolute Gasteiger partial charge is 0.469 e. The molecule has 0 radical (unpaired) electrons. The van der Waals surface area contributed by atoms with E-state index in [1.165, 1.54) is 13.5 Å². The summed E-state index contributed by atoms with van der Waals surface area (Å²) in [5.74, 6) is -0.0524. The highest BCUT2D eigenvalue weighted by Crippen LogP contribution is 2.38. The van der Waals surface area contributed by atoms with Crippen molar-refractivity contribution in [2.45, 2.75) is 63.8 Å². The van der Waals surface area contributed by atoms with Crippen LogP contribution in [-0.4, -0.2) is 43.0 Å². The summed E-state index contributed by atoms with van der Waals surface area (Å²) in [5.41, 5.74) is 5.59. The standard InChI is InChI=1S/C16H28N2O3/c1-21-14(19)11-13-7-3-6-10-18(13)15(20)16(12-17)8-4-2-5-9-16/h13H,2-12,17H2,1H3. The molecule has 1 saturated carbocycles. The third-order valence-corrected chi connectivity index (χ3v) is 5.17. The lowest BCUT2D eigenvalue weighted by molar-refractivity contribution is -0.150. The number of esters is 1. The Balaban J connectivity index is 2.11. The molecule has 1 unspecified atom stereocenters. The van der Waals surface area contributed by atoms with Crippen molar-refractivity contribution in [1.29, 1.82) is 0 Å². The van der Waals surface area contributed by atoms with Gasteiger partial charge in [-0.2, -0.15) is 0 Å². The van der Waals surface area contributed by atoms with Crippen LogP contribution in [0.25, 0.3) is 0 Å². The predicted octanol–water partition coefficient (Wildman–Crippen LogP) is 1.84. The number of carbonyl (C=O) groups excluding carboxylic acids is 2. The van der Waals surface area contributed by atoms with Gasteiger partial charge in [0.25, 0.3) is 0 Å². The number of rotatable bonds is 4. The van der Waals surface area contributed by atoms with E-state index in [0.717, 1.165) is 51.5 Å². The number of methoxy groups -OCH3 is 1. The van der Waals surface area contributed by atoms with Crippen molar-refractivity contribution >= 4 is 11.9 Å². The predicted molar refractivity (Wildman–Crippen MR) is 80.6 cm³/mol. The van der Waals surface area contributed by atoms with Crippen molar-refractivity contribution in [3.8, 4) is 0 Å². The first-order chi connectivity index (χ1) is 10.1. The zero-order chi connectivity index (χ0) is 15.3. The van der Waals surface area contributed by atoms with Crippen LogP contribution in [0.5, 0.6) is 0 Å². The van der Waals surface area contributed by atoms with E-state index < -0.39 is 0 Å². The summed E-state index contributed by atoms with van der Waals surface area (Å²) < 4.78 is 4.78. The third-order valence-electron chi connectivity index (χ3n) is 5.17. The van der Waals surface area contributed by atoms with Crippen LogP contribution in [0, 0.1) is 5.41 Å². The van der Waals surface area contributed by atoms with Gasteiger partial charge in [0, 0.05) is 19.1 Å². The van der Waals surface area contributed by atoms with Crippen molar-refractivity contribution in [2.24, 2.45) is 11.1 Å². The van der Waals surface area contributed by atoms with Gasteiger partial charge in [0.05, 0.1) is 18.9 Å². The number of ether oxygens (including phenoxy) is 1. The third kappa shape index (κ3) is 3.57. The highest BCUT2D eigenvalue weighted by molar-refractivity contribution is 5.84. The number of amides is 1. The smallest absolute Gasteiger partial charge is 0.307 e. The molecule has 5 nitrogen and oxygen atoms in total.